The summed E-state index contributed by atoms with van der Waals surface area (Å²) in [5, 5.41) is 0.229. The molecule has 1 aliphatic heterocycles. The smallest absolute Gasteiger partial charge is 0.257 e. The van der Waals surface area contributed by atoms with Gasteiger partial charge < -0.3 is 14.8 Å². The van der Waals surface area contributed by atoms with Crippen LogP contribution in [0.4, 0.5) is 5.69 Å². The van der Waals surface area contributed by atoms with E-state index in [-0.39, 0.29) is 11.1 Å². The van der Waals surface area contributed by atoms with Crippen molar-refractivity contribution >= 4 is 23.2 Å². The van der Waals surface area contributed by atoms with Gasteiger partial charge in [-0.15, -0.1) is 0 Å². The molecule has 32 heavy (non-hydrogen) atoms. The van der Waals surface area contributed by atoms with Gasteiger partial charge in [0.05, 0.1) is 12.1 Å². The number of pyridine rings is 1. The zero-order chi connectivity index (χ0) is 21.9. The number of rotatable bonds is 4. The maximum atomic E-state index is 13.3. The van der Waals surface area contributed by atoms with E-state index in [0.717, 1.165) is 28.2 Å². The molecule has 2 aromatic heterocycles. The van der Waals surface area contributed by atoms with E-state index < -0.39 is 0 Å². The lowest BCUT2D eigenvalue weighted by Gasteiger charge is -2.24. The molecule has 0 aliphatic carbocycles. The quantitative estimate of drug-likeness (QED) is 0.461. The third kappa shape index (κ3) is 4.09. The van der Waals surface area contributed by atoms with Gasteiger partial charge in [-0.1, -0.05) is 48.0 Å². The average Bonchev–Trinajstić information content (AvgIpc) is 3.27. The molecule has 0 spiro atoms. The van der Waals surface area contributed by atoms with Crippen LogP contribution in [-0.2, 0) is 13.1 Å². The van der Waals surface area contributed by atoms with E-state index in [1.807, 2.05) is 29.3 Å². The van der Waals surface area contributed by atoms with Crippen molar-refractivity contribution in [2.75, 3.05) is 18.0 Å². The number of hydrogen-bond acceptors (Lipinski definition) is 4. The van der Waals surface area contributed by atoms with Gasteiger partial charge in [-0.25, -0.2) is 9.97 Å². The summed E-state index contributed by atoms with van der Waals surface area (Å²) in [5.41, 5.74) is 4.88. The van der Waals surface area contributed by atoms with Crippen LogP contribution in [0.5, 0.6) is 0 Å². The number of carbonyl (C=O) groups is 1. The van der Waals surface area contributed by atoms with Gasteiger partial charge in [0.1, 0.15) is 11.0 Å². The second-order valence-electron chi connectivity index (χ2n) is 7.74. The first-order valence-corrected chi connectivity index (χ1v) is 10.9. The Kier molecular flexibility index (Phi) is 5.60. The van der Waals surface area contributed by atoms with E-state index in [1.54, 1.807) is 24.5 Å². The molecule has 0 atom stereocenters. The first kappa shape index (κ1) is 20.3. The Morgan fingerprint density at radius 1 is 0.969 bits per heavy atom. The van der Waals surface area contributed by atoms with Crippen LogP contribution in [-0.4, -0.2) is 38.8 Å². The van der Waals surface area contributed by atoms with E-state index in [4.69, 9.17) is 11.6 Å². The predicted octanol–water partition coefficient (Wildman–Crippen LogP) is 4.79. The molecule has 0 unspecified atom stereocenters. The Balaban J connectivity index is 1.52. The Morgan fingerprint density at radius 3 is 2.62 bits per heavy atom. The van der Waals surface area contributed by atoms with Crippen LogP contribution in [0.15, 0.2) is 79.3 Å². The van der Waals surface area contributed by atoms with Crippen LogP contribution in [0, 0.1) is 0 Å². The van der Waals surface area contributed by atoms with E-state index in [1.165, 1.54) is 0 Å². The van der Waals surface area contributed by atoms with Gasteiger partial charge in [0, 0.05) is 43.9 Å². The summed E-state index contributed by atoms with van der Waals surface area (Å²) in [7, 11) is 0. The summed E-state index contributed by atoms with van der Waals surface area (Å²) in [5.74, 6) is 0.775. The highest BCUT2D eigenvalue weighted by Gasteiger charge is 2.26. The van der Waals surface area contributed by atoms with Crippen molar-refractivity contribution in [3.05, 3.63) is 101 Å². The second-order valence-corrected chi connectivity index (χ2v) is 8.09. The Morgan fingerprint density at radius 2 is 1.84 bits per heavy atom. The van der Waals surface area contributed by atoms with Crippen LogP contribution < -0.4 is 4.90 Å². The SMILES string of the molecule is O=C(c1cccnc1Cl)N1CCN(Cc2ncc[nH]2)c2ccc(-c3ccccc3)cc2C1. The van der Waals surface area contributed by atoms with Crippen LogP contribution in [0.2, 0.25) is 5.15 Å². The molecule has 0 saturated heterocycles. The van der Waals surface area contributed by atoms with Crippen molar-refractivity contribution in [3.63, 3.8) is 0 Å². The third-order valence-electron chi connectivity index (χ3n) is 5.70. The number of carbonyl (C=O) groups excluding carboxylic acids is 1. The van der Waals surface area contributed by atoms with Crippen molar-refractivity contribution < 1.29 is 4.79 Å². The van der Waals surface area contributed by atoms with Crippen molar-refractivity contribution in [1.29, 1.82) is 0 Å². The van der Waals surface area contributed by atoms with Gasteiger partial charge in [0.15, 0.2) is 0 Å². The van der Waals surface area contributed by atoms with Crippen LogP contribution >= 0.6 is 11.6 Å². The molecule has 1 amide bonds. The summed E-state index contributed by atoms with van der Waals surface area (Å²) >= 11 is 6.23. The number of H-pyrrole nitrogens is 1. The fourth-order valence-corrected chi connectivity index (χ4v) is 4.30. The first-order chi connectivity index (χ1) is 15.7. The fourth-order valence-electron chi connectivity index (χ4n) is 4.10. The van der Waals surface area contributed by atoms with E-state index >= 15 is 0 Å². The number of benzene rings is 2. The molecule has 2 aromatic carbocycles. The monoisotopic (exact) mass is 443 g/mol. The van der Waals surface area contributed by atoms with Gasteiger partial charge >= 0.3 is 0 Å². The largest absolute Gasteiger partial charge is 0.362 e. The predicted molar refractivity (Wildman–Crippen MR) is 126 cm³/mol. The minimum Gasteiger partial charge on any atom is -0.362 e. The number of anilines is 1. The van der Waals surface area contributed by atoms with E-state index in [0.29, 0.717) is 31.7 Å². The second kappa shape index (κ2) is 8.85. The molecule has 1 N–H and O–H groups in total. The summed E-state index contributed by atoms with van der Waals surface area (Å²) in [6, 6.07) is 20.2. The van der Waals surface area contributed by atoms with Crippen LogP contribution in [0.1, 0.15) is 21.7 Å². The average molecular weight is 444 g/mol. The van der Waals surface area contributed by atoms with Gasteiger partial charge in [-0.2, -0.15) is 0 Å². The Bertz CT molecular complexity index is 1230. The number of imidazole rings is 1. The Labute approximate surface area is 191 Å². The maximum absolute atomic E-state index is 13.3. The van der Waals surface area contributed by atoms with Gasteiger partial charge in [0.2, 0.25) is 0 Å². The summed E-state index contributed by atoms with van der Waals surface area (Å²) in [4.78, 5) is 29.1. The summed E-state index contributed by atoms with van der Waals surface area (Å²) in [6.45, 7) is 2.39. The molecular formula is C25H22ClN5O. The van der Waals surface area contributed by atoms with E-state index in [9.17, 15) is 4.79 Å². The lowest BCUT2D eigenvalue weighted by atomic mass is 10.0. The molecule has 0 saturated carbocycles. The molecule has 0 radical (unpaired) electrons. The Hall–Kier alpha value is -3.64. The van der Waals surface area contributed by atoms with Crippen LogP contribution in [0.25, 0.3) is 11.1 Å². The van der Waals surface area contributed by atoms with Crippen molar-refractivity contribution in [2.45, 2.75) is 13.1 Å². The highest BCUT2D eigenvalue weighted by Crippen LogP contribution is 2.32. The molecule has 0 bridgehead atoms. The molecule has 1 aliphatic rings. The minimum atomic E-state index is -0.112. The number of nitrogens with one attached hydrogen (secondary N) is 1. The number of aromatic nitrogens is 3. The number of aromatic amines is 1. The molecule has 5 rings (SSSR count). The standard InChI is InChI=1S/C25H22ClN5O/c26-24-21(7-4-10-29-24)25(32)31-14-13-30(17-23-27-11-12-28-23)22-9-8-19(15-20(22)16-31)18-5-2-1-3-6-18/h1-12,15H,13-14,16-17H2,(H,27,28). The lowest BCUT2D eigenvalue weighted by Crippen LogP contribution is -2.35. The molecular weight excluding hydrogens is 422 g/mol. The van der Waals surface area contributed by atoms with Crippen molar-refractivity contribution in [1.82, 2.24) is 19.9 Å². The molecule has 160 valence electrons. The number of halogens is 1. The lowest BCUT2D eigenvalue weighted by molar-refractivity contribution is 0.0751. The van der Waals surface area contributed by atoms with Gasteiger partial charge in [-0.05, 0) is 41.0 Å². The molecule has 0 fully saturated rings. The van der Waals surface area contributed by atoms with Gasteiger partial charge in [-0.3, -0.25) is 4.79 Å². The highest BCUT2D eigenvalue weighted by atomic mass is 35.5. The van der Waals surface area contributed by atoms with E-state index in [2.05, 4.69) is 50.2 Å². The fraction of sp³-hybridized carbons (Fsp3) is 0.160. The van der Waals surface area contributed by atoms with Crippen molar-refractivity contribution in [3.8, 4) is 11.1 Å². The molecule has 4 aromatic rings. The topological polar surface area (TPSA) is 65.1 Å². The third-order valence-corrected chi connectivity index (χ3v) is 6.00. The van der Waals surface area contributed by atoms with Gasteiger partial charge in [0.25, 0.3) is 5.91 Å². The van der Waals surface area contributed by atoms with Crippen molar-refractivity contribution in [2.24, 2.45) is 0 Å². The van der Waals surface area contributed by atoms with Crippen LogP contribution in [0.3, 0.4) is 0 Å². The number of amides is 1. The zero-order valence-electron chi connectivity index (χ0n) is 17.4. The zero-order valence-corrected chi connectivity index (χ0v) is 18.2. The number of hydrogen-bond donors (Lipinski definition) is 1. The molecule has 3 heterocycles. The summed E-state index contributed by atoms with van der Waals surface area (Å²) in [6.07, 6.45) is 5.17. The molecule has 6 nitrogen and oxygen atoms in total. The summed E-state index contributed by atoms with van der Waals surface area (Å²) < 4.78 is 0. The highest BCUT2D eigenvalue weighted by molar-refractivity contribution is 6.32. The first-order valence-electron chi connectivity index (χ1n) is 10.5. The minimum absolute atomic E-state index is 0.112. The molecule has 7 heteroatoms. The maximum Gasteiger partial charge on any atom is 0.257 e. The number of fused-ring (bicyclic) bond motifs is 1. The number of nitrogens with zero attached hydrogens (tertiary/aromatic N) is 4. The normalized spacial score (nSPS) is 13.5.